The van der Waals surface area contributed by atoms with E-state index in [9.17, 15) is 8.42 Å². The van der Waals surface area contributed by atoms with Gasteiger partial charge in [0, 0.05) is 6.54 Å². The zero-order valence-corrected chi connectivity index (χ0v) is 12.0. The van der Waals surface area contributed by atoms with Crippen LogP contribution in [0.5, 0.6) is 0 Å². The second-order valence-electron chi connectivity index (χ2n) is 5.72. The Morgan fingerprint density at radius 1 is 1.32 bits per heavy atom. The van der Waals surface area contributed by atoms with Gasteiger partial charge in [0.05, 0.1) is 12.4 Å². The van der Waals surface area contributed by atoms with Gasteiger partial charge in [0.25, 0.3) is 0 Å². The van der Waals surface area contributed by atoms with E-state index in [1.165, 1.54) is 6.42 Å². The van der Waals surface area contributed by atoms with Gasteiger partial charge in [0.15, 0.2) is 0 Å². The van der Waals surface area contributed by atoms with Gasteiger partial charge < -0.3 is 5.11 Å². The van der Waals surface area contributed by atoms with Crippen molar-refractivity contribution in [1.82, 2.24) is 4.72 Å². The van der Waals surface area contributed by atoms with Crippen LogP contribution < -0.4 is 4.72 Å². The summed E-state index contributed by atoms with van der Waals surface area (Å²) < 4.78 is 26.7. The highest BCUT2D eigenvalue weighted by molar-refractivity contribution is 7.88. The number of sulfonamides is 1. The SMILES string of the molecule is CC1(CNS(=O)(=O)Cc2cccc(CO)c2)CCC1. The third-order valence-electron chi connectivity index (χ3n) is 3.81. The van der Waals surface area contributed by atoms with Gasteiger partial charge in [-0.25, -0.2) is 13.1 Å². The molecule has 1 saturated carbocycles. The van der Waals surface area contributed by atoms with Crippen molar-refractivity contribution in [2.45, 2.75) is 38.5 Å². The maximum Gasteiger partial charge on any atom is 0.215 e. The quantitative estimate of drug-likeness (QED) is 0.836. The van der Waals surface area contributed by atoms with Crippen LogP contribution in [0.2, 0.25) is 0 Å². The molecule has 1 fully saturated rings. The molecule has 1 aromatic carbocycles. The van der Waals surface area contributed by atoms with Crippen molar-refractivity contribution in [1.29, 1.82) is 0 Å². The lowest BCUT2D eigenvalue weighted by Crippen LogP contribution is -2.40. The lowest BCUT2D eigenvalue weighted by atomic mass is 9.71. The molecule has 0 unspecified atom stereocenters. The van der Waals surface area contributed by atoms with Gasteiger partial charge in [-0.1, -0.05) is 37.6 Å². The summed E-state index contributed by atoms with van der Waals surface area (Å²) in [7, 11) is -3.30. The minimum absolute atomic E-state index is 0.0308. The van der Waals surface area contributed by atoms with E-state index in [0.717, 1.165) is 18.4 Å². The first-order valence-corrected chi connectivity index (χ1v) is 8.24. The molecule has 0 saturated heterocycles. The van der Waals surface area contributed by atoms with Gasteiger partial charge in [-0.3, -0.25) is 0 Å². The maximum atomic E-state index is 12.0. The fraction of sp³-hybridized carbons (Fsp3) is 0.571. The van der Waals surface area contributed by atoms with E-state index in [-0.39, 0.29) is 17.8 Å². The molecule has 4 nitrogen and oxygen atoms in total. The van der Waals surface area contributed by atoms with E-state index in [0.29, 0.717) is 12.1 Å². The Balaban J connectivity index is 1.96. The average molecular weight is 283 g/mol. The van der Waals surface area contributed by atoms with Crippen molar-refractivity contribution in [2.75, 3.05) is 6.54 Å². The Morgan fingerprint density at radius 2 is 2.00 bits per heavy atom. The van der Waals surface area contributed by atoms with Crippen molar-refractivity contribution in [3.63, 3.8) is 0 Å². The van der Waals surface area contributed by atoms with Crippen molar-refractivity contribution < 1.29 is 13.5 Å². The molecule has 1 aliphatic rings. The molecule has 0 aromatic heterocycles. The molecule has 0 amide bonds. The number of rotatable bonds is 6. The van der Waals surface area contributed by atoms with Crippen molar-refractivity contribution in [3.8, 4) is 0 Å². The normalized spacial score (nSPS) is 18.0. The van der Waals surface area contributed by atoms with E-state index in [4.69, 9.17) is 5.11 Å². The zero-order chi connectivity index (χ0) is 13.9. The van der Waals surface area contributed by atoms with E-state index < -0.39 is 10.0 Å². The van der Waals surface area contributed by atoms with Crippen LogP contribution in [0, 0.1) is 5.41 Å². The van der Waals surface area contributed by atoms with Gasteiger partial charge >= 0.3 is 0 Å². The molecule has 19 heavy (non-hydrogen) atoms. The lowest BCUT2D eigenvalue weighted by molar-refractivity contribution is 0.166. The molecule has 2 N–H and O–H groups in total. The topological polar surface area (TPSA) is 66.4 Å². The Labute approximate surface area is 114 Å². The van der Waals surface area contributed by atoms with Gasteiger partial charge in [0.2, 0.25) is 10.0 Å². The molecule has 0 radical (unpaired) electrons. The molecular formula is C14H21NO3S. The molecule has 0 heterocycles. The van der Waals surface area contributed by atoms with E-state index >= 15 is 0 Å². The molecule has 1 aromatic rings. The summed E-state index contributed by atoms with van der Waals surface area (Å²) in [4.78, 5) is 0. The number of aliphatic hydroxyl groups excluding tert-OH is 1. The van der Waals surface area contributed by atoms with Crippen LogP contribution in [0.25, 0.3) is 0 Å². The summed E-state index contributed by atoms with van der Waals surface area (Å²) >= 11 is 0. The van der Waals surface area contributed by atoms with Gasteiger partial charge in [-0.05, 0) is 29.4 Å². The second kappa shape index (κ2) is 5.61. The number of hydrogen-bond acceptors (Lipinski definition) is 3. The predicted molar refractivity (Wildman–Crippen MR) is 74.9 cm³/mol. The second-order valence-corrected chi connectivity index (χ2v) is 7.53. The van der Waals surface area contributed by atoms with Gasteiger partial charge in [-0.2, -0.15) is 0 Å². The zero-order valence-electron chi connectivity index (χ0n) is 11.2. The fourth-order valence-electron chi connectivity index (χ4n) is 2.33. The highest BCUT2D eigenvalue weighted by Gasteiger charge is 2.32. The summed E-state index contributed by atoms with van der Waals surface area (Å²) in [6.45, 7) is 2.57. The standard InChI is InChI=1S/C14H21NO3S/c1-14(6-3-7-14)11-15-19(17,18)10-13-5-2-4-12(8-13)9-16/h2,4-5,8,15-16H,3,6-7,9-11H2,1H3. The van der Waals surface area contributed by atoms with Crippen molar-refractivity contribution >= 4 is 10.0 Å². The van der Waals surface area contributed by atoms with Crippen LogP contribution in [0.1, 0.15) is 37.3 Å². The smallest absolute Gasteiger partial charge is 0.215 e. The summed E-state index contributed by atoms with van der Waals surface area (Å²) in [5.41, 5.74) is 1.58. The number of nitrogens with one attached hydrogen (secondary N) is 1. The van der Waals surface area contributed by atoms with Crippen LogP contribution in [0.15, 0.2) is 24.3 Å². The van der Waals surface area contributed by atoms with Crippen molar-refractivity contribution in [2.24, 2.45) is 5.41 Å². The molecular weight excluding hydrogens is 262 g/mol. The first kappa shape index (κ1) is 14.5. The minimum atomic E-state index is -3.30. The van der Waals surface area contributed by atoms with Crippen molar-refractivity contribution in [3.05, 3.63) is 35.4 Å². The van der Waals surface area contributed by atoms with Crippen LogP contribution in [0.3, 0.4) is 0 Å². The lowest BCUT2D eigenvalue weighted by Gasteiger charge is -2.38. The Kier molecular flexibility index (Phi) is 4.28. The summed E-state index contributed by atoms with van der Waals surface area (Å²) in [6, 6.07) is 7.04. The highest BCUT2D eigenvalue weighted by Crippen LogP contribution is 2.39. The molecule has 2 rings (SSSR count). The summed E-state index contributed by atoms with van der Waals surface area (Å²) in [5, 5.41) is 9.04. The molecule has 0 spiro atoms. The third kappa shape index (κ3) is 4.03. The largest absolute Gasteiger partial charge is 0.392 e. The fourth-order valence-corrected chi connectivity index (χ4v) is 3.62. The van der Waals surface area contributed by atoms with Crippen LogP contribution in [-0.2, 0) is 22.4 Å². The molecule has 106 valence electrons. The van der Waals surface area contributed by atoms with Crippen LogP contribution >= 0.6 is 0 Å². The van der Waals surface area contributed by atoms with E-state index in [1.54, 1.807) is 24.3 Å². The number of aliphatic hydroxyl groups is 1. The monoisotopic (exact) mass is 283 g/mol. The molecule has 5 heteroatoms. The molecule has 0 bridgehead atoms. The van der Waals surface area contributed by atoms with Crippen LogP contribution in [0.4, 0.5) is 0 Å². The average Bonchev–Trinajstić information content (AvgIpc) is 2.34. The number of benzene rings is 1. The highest BCUT2D eigenvalue weighted by atomic mass is 32.2. The summed E-state index contributed by atoms with van der Waals surface area (Å²) in [6.07, 6.45) is 3.38. The molecule has 1 aliphatic carbocycles. The molecule has 0 aliphatic heterocycles. The van der Waals surface area contributed by atoms with E-state index in [2.05, 4.69) is 11.6 Å². The van der Waals surface area contributed by atoms with E-state index in [1.807, 2.05) is 0 Å². The number of hydrogen-bond donors (Lipinski definition) is 2. The Hall–Kier alpha value is -0.910. The predicted octanol–water partition coefficient (Wildman–Crippen LogP) is 1.79. The first-order valence-electron chi connectivity index (χ1n) is 6.59. The van der Waals surface area contributed by atoms with Gasteiger partial charge in [0.1, 0.15) is 0 Å². The molecule has 0 atom stereocenters. The third-order valence-corrected chi connectivity index (χ3v) is 5.11. The Bertz CT molecular complexity index is 535. The van der Waals surface area contributed by atoms with Crippen LogP contribution in [-0.4, -0.2) is 20.1 Å². The Morgan fingerprint density at radius 3 is 2.58 bits per heavy atom. The maximum absolute atomic E-state index is 12.0. The minimum Gasteiger partial charge on any atom is -0.392 e. The summed E-state index contributed by atoms with van der Waals surface area (Å²) in [5.74, 6) is -0.0308. The van der Waals surface area contributed by atoms with Gasteiger partial charge in [-0.15, -0.1) is 0 Å². The first-order chi connectivity index (χ1) is 8.92.